The van der Waals surface area contributed by atoms with Crippen LogP contribution in [0, 0.1) is 10.1 Å². The molecule has 0 aliphatic heterocycles. The summed E-state index contributed by atoms with van der Waals surface area (Å²) in [5.41, 5.74) is 0.921. The van der Waals surface area contributed by atoms with E-state index in [9.17, 15) is 14.9 Å². The van der Waals surface area contributed by atoms with Gasteiger partial charge >= 0.3 is 5.69 Å². The number of nitro groups is 1. The molecule has 1 aromatic carbocycles. The van der Waals surface area contributed by atoms with Crippen molar-refractivity contribution < 1.29 is 14.1 Å². The summed E-state index contributed by atoms with van der Waals surface area (Å²) >= 11 is 6.19. The molecule has 0 aliphatic carbocycles. The Balaban J connectivity index is 1.41. The van der Waals surface area contributed by atoms with Crippen molar-refractivity contribution in [1.82, 2.24) is 19.6 Å². The monoisotopic (exact) mass is 426 g/mol. The second-order valence-electron chi connectivity index (χ2n) is 6.38. The standard InChI is InChI=1S/C19H15ClN6O4/c20-16-12-25(9-13-4-2-1-3-5-13)23-18(16)22-19(27)17-7-6-15(30-17)11-24-10-14(8-21-24)26(28)29/h1-8,10,12H,9,11H2,(H,22,23,27). The summed E-state index contributed by atoms with van der Waals surface area (Å²) in [7, 11) is 0. The fourth-order valence-corrected chi connectivity index (χ4v) is 2.98. The van der Waals surface area contributed by atoms with Crippen LogP contribution in [0.2, 0.25) is 5.02 Å². The Morgan fingerprint density at radius 3 is 2.67 bits per heavy atom. The number of furan rings is 1. The first-order valence-electron chi connectivity index (χ1n) is 8.82. The van der Waals surface area contributed by atoms with Crippen LogP contribution < -0.4 is 5.32 Å². The molecular weight excluding hydrogens is 412 g/mol. The van der Waals surface area contributed by atoms with Crippen LogP contribution in [0.1, 0.15) is 21.9 Å². The maximum absolute atomic E-state index is 12.5. The van der Waals surface area contributed by atoms with E-state index >= 15 is 0 Å². The molecule has 4 aromatic rings. The van der Waals surface area contributed by atoms with Gasteiger partial charge in [0.2, 0.25) is 0 Å². The van der Waals surface area contributed by atoms with Crippen molar-refractivity contribution in [3.63, 3.8) is 0 Å². The van der Waals surface area contributed by atoms with E-state index in [0.717, 1.165) is 11.8 Å². The van der Waals surface area contributed by atoms with Crippen molar-refractivity contribution in [2.75, 3.05) is 5.32 Å². The maximum atomic E-state index is 12.5. The normalized spacial score (nSPS) is 10.8. The average Bonchev–Trinajstić information content (AvgIpc) is 3.44. The minimum atomic E-state index is -0.537. The SMILES string of the molecule is O=C(Nc1nn(Cc2ccccc2)cc1Cl)c1ccc(Cn2cc([N+](=O)[O-])cn2)o1. The van der Waals surface area contributed by atoms with Crippen molar-refractivity contribution in [2.24, 2.45) is 0 Å². The number of rotatable bonds is 7. The molecule has 30 heavy (non-hydrogen) atoms. The van der Waals surface area contributed by atoms with Gasteiger partial charge in [-0.2, -0.15) is 10.2 Å². The summed E-state index contributed by atoms with van der Waals surface area (Å²) in [6, 6.07) is 12.8. The molecule has 4 rings (SSSR count). The van der Waals surface area contributed by atoms with Crippen LogP contribution in [0.4, 0.5) is 11.5 Å². The molecule has 1 N–H and O–H groups in total. The summed E-state index contributed by atoms with van der Waals surface area (Å²) in [6.07, 6.45) is 4.05. The van der Waals surface area contributed by atoms with Crippen LogP contribution in [0.15, 0.2) is 65.5 Å². The molecule has 0 radical (unpaired) electrons. The van der Waals surface area contributed by atoms with Crippen LogP contribution in [0.25, 0.3) is 0 Å². The number of hydrogen-bond donors (Lipinski definition) is 1. The third kappa shape index (κ3) is 4.39. The number of halogens is 1. The van der Waals surface area contributed by atoms with Gasteiger partial charge in [-0.3, -0.25) is 24.3 Å². The molecule has 0 saturated carbocycles. The number of nitrogens with zero attached hydrogens (tertiary/aromatic N) is 5. The molecule has 11 heteroatoms. The smallest absolute Gasteiger partial charge is 0.307 e. The van der Waals surface area contributed by atoms with E-state index in [0.29, 0.717) is 17.3 Å². The number of hydrogen-bond acceptors (Lipinski definition) is 6. The van der Waals surface area contributed by atoms with Gasteiger partial charge in [-0.1, -0.05) is 41.9 Å². The Hall–Kier alpha value is -3.92. The van der Waals surface area contributed by atoms with Gasteiger partial charge in [-0.05, 0) is 17.7 Å². The topological polar surface area (TPSA) is 121 Å². The Labute approximate surface area is 174 Å². The lowest BCUT2D eigenvalue weighted by Crippen LogP contribution is -2.12. The van der Waals surface area contributed by atoms with Crippen LogP contribution in [-0.4, -0.2) is 30.4 Å². The number of amides is 1. The molecule has 0 fully saturated rings. The summed E-state index contributed by atoms with van der Waals surface area (Å²) < 4.78 is 8.49. The van der Waals surface area contributed by atoms with Gasteiger partial charge in [0.1, 0.15) is 23.2 Å². The Bertz CT molecular complexity index is 1200. The number of carbonyl (C=O) groups is 1. The number of anilines is 1. The number of aromatic nitrogens is 4. The van der Waals surface area contributed by atoms with E-state index in [1.54, 1.807) is 16.9 Å². The van der Waals surface area contributed by atoms with Crippen molar-refractivity contribution >= 4 is 29.0 Å². The van der Waals surface area contributed by atoms with E-state index in [-0.39, 0.29) is 23.8 Å². The molecule has 0 spiro atoms. The van der Waals surface area contributed by atoms with Crippen molar-refractivity contribution in [1.29, 1.82) is 0 Å². The molecule has 0 atom stereocenters. The molecule has 0 saturated heterocycles. The first-order chi connectivity index (χ1) is 14.5. The highest BCUT2D eigenvalue weighted by Gasteiger charge is 2.17. The van der Waals surface area contributed by atoms with Gasteiger partial charge in [0.05, 0.1) is 18.0 Å². The molecule has 1 amide bonds. The fraction of sp³-hybridized carbons (Fsp3) is 0.105. The molecule has 0 aliphatic rings. The molecule has 152 valence electrons. The predicted molar refractivity (Wildman–Crippen MR) is 107 cm³/mol. The van der Waals surface area contributed by atoms with Crippen LogP contribution >= 0.6 is 11.6 Å². The van der Waals surface area contributed by atoms with Crippen molar-refractivity contribution in [3.8, 4) is 0 Å². The molecule has 0 unspecified atom stereocenters. The summed E-state index contributed by atoms with van der Waals surface area (Å²) in [5.74, 6) is 0.178. The van der Waals surface area contributed by atoms with E-state index in [2.05, 4.69) is 15.5 Å². The van der Waals surface area contributed by atoms with E-state index < -0.39 is 10.8 Å². The quantitative estimate of drug-likeness (QED) is 0.356. The van der Waals surface area contributed by atoms with Gasteiger partial charge in [0.15, 0.2) is 11.6 Å². The highest BCUT2D eigenvalue weighted by Crippen LogP contribution is 2.21. The molecule has 0 bridgehead atoms. The summed E-state index contributed by atoms with van der Waals surface area (Å²) in [5, 5.41) is 21.8. The molecule has 3 heterocycles. The number of benzene rings is 1. The van der Waals surface area contributed by atoms with Gasteiger partial charge < -0.3 is 9.73 Å². The van der Waals surface area contributed by atoms with Gasteiger partial charge in [0, 0.05) is 6.20 Å². The second kappa shape index (κ2) is 8.21. The third-order valence-electron chi connectivity index (χ3n) is 4.17. The Kier molecular flexibility index (Phi) is 5.31. The van der Waals surface area contributed by atoms with E-state index in [1.807, 2.05) is 30.3 Å². The largest absolute Gasteiger partial charge is 0.454 e. The van der Waals surface area contributed by atoms with Crippen LogP contribution in [0.5, 0.6) is 0 Å². The van der Waals surface area contributed by atoms with E-state index in [4.69, 9.17) is 16.0 Å². The first kappa shape index (κ1) is 19.4. The lowest BCUT2D eigenvalue weighted by atomic mass is 10.2. The number of carbonyl (C=O) groups excluding carboxylic acids is 1. The van der Waals surface area contributed by atoms with Crippen LogP contribution in [0.3, 0.4) is 0 Å². The molecular formula is C19H15ClN6O4. The fourth-order valence-electron chi connectivity index (χ4n) is 2.78. The van der Waals surface area contributed by atoms with Gasteiger partial charge in [0.25, 0.3) is 5.91 Å². The first-order valence-corrected chi connectivity index (χ1v) is 9.19. The summed E-state index contributed by atoms with van der Waals surface area (Å²) in [6.45, 7) is 0.658. The molecule has 10 nitrogen and oxygen atoms in total. The van der Waals surface area contributed by atoms with Crippen molar-refractivity contribution in [3.05, 3.63) is 93.3 Å². The third-order valence-corrected chi connectivity index (χ3v) is 4.45. The van der Waals surface area contributed by atoms with Crippen LogP contribution in [-0.2, 0) is 13.1 Å². The average molecular weight is 427 g/mol. The predicted octanol–water partition coefficient (Wildman–Crippen LogP) is 3.58. The van der Waals surface area contributed by atoms with E-state index in [1.165, 1.54) is 16.9 Å². The second-order valence-corrected chi connectivity index (χ2v) is 6.79. The van der Waals surface area contributed by atoms with Gasteiger partial charge in [-0.15, -0.1) is 0 Å². The zero-order valence-corrected chi connectivity index (χ0v) is 16.2. The Morgan fingerprint density at radius 1 is 1.13 bits per heavy atom. The highest BCUT2D eigenvalue weighted by atomic mass is 35.5. The van der Waals surface area contributed by atoms with Gasteiger partial charge in [-0.25, -0.2) is 0 Å². The Morgan fingerprint density at radius 2 is 1.93 bits per heavy atom. The minimum Gasteiger partial charge on any atom is -0.454 e. The van der Waals surface area contributed by atoms with Crippen molar-refractivity contribution in [2.45, 2.75) is 13.1 Å². The highest BCUT2D eigenvalue weighted by molar-refractivity contribution is 6.33. The maximum Gasteiger partial charge on any atom is 0.307 e. The lowest BCUT2D eigenvalue weighted by molar-refractivity contribution is -0.385. The number of nitrogens with one attached hydrogen (secondary N) is 1. The zero-order chi connectivity index (χ0) is 21.1. The minimum absolute atomic E-state index is 0.0559. The summed E-state index contributed by atoms with van der Waals surface area (Å²) in [4.78, 5) is 22.7. The lowest BCUT2D eigenvalue weighted by Gasteiger charge is -2.02. The zero-order valence-electron chi connectivity index (χ0n) is 15.4. The molecule has 3 aromatic heterocycles.